The number of amides is 5. The Hall–Kier alpha value is -3.66. The first kappa shape index (κ1) is 21.1. The molecule has 10 heteroatoms. The molecule has 0 aliphatic carbocycles. The maximum atomic E-state index is 12.9. The number of nitrogens with zero attached hydrogens (tertiary/aromatic N) is 1. The molecule has 1 aliphatic heterocycles. The molecule has 1 fully saturated rings. The molecule has 0 saturated carbocycles. The van der Waals surface area contributed by atoms with Crippen molar-refractivity contribution < 1.29 is 28.7 Å². The largest absolute Gasteiger partial charge is 0.497 e. The maximum Gasteiger partial charge on any atom is 0.335 e. The van der Waals surface area contributed by atoms with Crippen molar-refractivity contribution >= 4 is 51.4 Å². The third-order valence-corrected chi connectivity index (χ3v) is 4.69. The second kappa shape index (κ2) is 8.78. The number of urea groups is 1. The summed E-state index contributed by atoms with van der Waals surface area (Å²) in [5, 5.41) is 2.16. The molecule has 9 nitrogen and oxygen atoms in total. The summed E-state index contributed by atoms with van der Waals surface area (Å²) < 4.78 is 10.8. The molecule has 0 spiro atoms. The van der Waals surface area contributed by atoms with Crippen molar-refractivity contribution in [2.24, 2.45) is 5.73 Å². The summed E-state index contributed by atoms with van der Waals surface area (Å²) in [4.78, 5) is 49.1. The monoisotopic (exact) mass is 473 g/mol. The Kier molecular flexibility index (Phi) is 6.17. The summed E-state index contributed by atoms with van der Waals surface area (Å²) in [6, 6.07) is 10.1. The number of hydrogen-bond acceptors (Lipinski definition) is 6. The van der Waals surface area contributed by atoms with Crippen LogP contribution in [0.1, 0.15) is 5.56 Å². The van der Waals surface area contributed by atoms with E-state index in [2.05, 4.69) is 21.2 Å². The Morgan fingerprint density at radius 1 is 1.17 bits per heavy atom. The average molecular weight is 474 g/mol. The van der Waals surface area contributed by atoms with Gasteiger partial charge in [-0.25, -0.2) is 9.69 Å². The van der Waals surface area contributed by atoms with Crippen LogP contribution in [-0.2, 0) is 14.4 Å². The van der Waals surface area contributed by atoms with E-state index in [-0.39, 0.29) is 17.9 Å². The number of methoxy groups -OCH3 is 1. The number of carbonyl (C=O) groups is 4. The number of barbiturate groups is 1. The van der Waals surface area contributed by atoms with Crippen LogP contribution in [-0.4, -0.2) is 37.5 Å². The van der Waals surface area contributed by atoms with Crippen LogP contribution in [0.3, 0.4) is 0 Å². The van der Waals surface area contributed by atoms with Crippen LogP contribution in [0.25, 0.3) is 6.08 Å². The molecule has 3 N–H and O–H groups in total. The molecule has 154 valence electrons. The predicted molar refractivity (Wildman–Crippen MR) is 111 cm³/mol. The lowest BCUT2D eigenvalue weighted by atomic mass is 10.1. The molecule has 1 aliphatic rings. The van der Waals surface area contributed by atoms with E-state index in [1.54, 1.807) is 30.3 Å². The number of rotatable bonds is 6. The molecule has 0 aromatic heterocycles. The van der Waals surface area contributed by atoms with Gasteiger partial charge in [-0.1, -0.05) is 6.07 Å². The molecule has 0 bridgehead atoms. The highest BCUT2D eigenvalue weighted by atomic mass is 79.9. The Labute approximate surface area is 179 Å². The van der Waals surface area contributed by atoms with E-state index in [9.17, 15) is 19.2 Å². The van der Waals surface area contributed by atoms with E-state index in [1.165, 1.54) is 25.3 Å². The van der Waals surface area contributed by atoms with Gasteiger partial charge >= 0.3 is 6.03 Å². The van der Waals surface area contributed by atoms with Gasteiger partial charge in [0.05, 0.1) is 17.3 Å². The van der Waals surface area contributed by atoms with Gasteiger partial charge in [0.25, 0.3) is 17.7 Å². The summed E-state index contributed by atoms with van der Waals surface area (Å²) in [6.07, 6.45) is 1.35. The number of anilines is 1. The van der Waals surface area contributed by atoms with Crippen molar-refractivity contribution in [2.45, 2.75) is 0 Å². The van der Waals surface area contributed by atoms with Crippen LogP contribution in [0.2, 0.25) is 0 Å². The zero-order chi connectivity index (χ0) is 21.8. The molecule has 2 aromatic rings. The number of halogens is 1. The first-order valence-corrected chi connectivity index (χ1v) is 9.35. The summed E-state index contributed by atoms with van der Waals surface area (Å²) in [5.41, 5.74) is 5.62. The van der Waals surface area contributed by atoms with Crippen LogP contribution >= 0.6 is 15.9 Å². The Balaban J connectivity index is 1.90. The topological polar surface area (TPSA) is 128 Å². The van der Waals surface area contributed by atoms with E-state index in [4.69, 9.17) is 15.2 Å². The standard InChI is InChI=1S/C20H16BrN3O6/c1-29-13-5-3-12(4-6-13)24-19(27)14(18(26)23-20(24)28)8-11-2-7-16(15(21)9-11)30-10-17(22)25/h2-9H,10H2,1H3,(H2,22,25)(H,23,26,28)/b14-8+. The third kappa shape index (κ3) is 4.49. The number of carbonyl (C=O) groups excluding carboxylic acids is 4. The van der Waals surface area contributed by atoms with E-state index in [1.807, 2.05) is 0 Å². The van der Waals surface area contributed by atoms with E-state index >= 15 is 0 Å². The number of nitrogens with two attached hydrogens (primary N) is 1. The van der Waals surface area contributed by atoms with Crippen molar-refractivity contribution in [3.05, 3.63) is 58.1 Å². The lowest BCUT2D eigenvalue weighted by Crippen LogP contribution is -2.54. The zero-order valence-corrected chi connectivity index (χ0v) is 17.3. The minimum atomic E-state index is -0.844. The molecular formula is C20H16BrN3O6. The molecule has 0 radical (unpaired) electrons. The molecular weight excluding hydrogens is 458 g/mol. The number of nitrogens with one attached hydrogen (secondary N) is 1. The lowest BCUT2D eigenvalue weighted by molar-refractivity contribution is -0.123. The minimum absolute atomic E-state index is 0.219. The summed E-state index contributed by atoms with van der Waals surface area (Å²) in [7, 11) is 1.50. The highest BCUT2D eigenvalue weighted by Gasteiger charge is 2.36. The van der Waals surface area contributed by atoms with Gasteiger partial charge in [-0.05, 0) is 64.0 Å². The van der Waals surface area contributed by atoms with Gasteiger partial charge in [-0.15, -0.1) is 0 Å². The van der Waals surface area contributed by atoms with Crippen molar-refractivity contribution in [2.75, 3.05) is 18.6 Å². The van der Waals surface area contributed by atoms with Gasteiger partial charge in [0.1, 0.15) is 17.1 Å². The van der Waals surface area contributed by atoms with Crippen molar-refractivity contribution in [1.29, 1.82) is 0 Å². The van der Waals surface area contributed by atoms with Crippen molar-refractivity contribution in [3.8, 4) is 11.5 Å². The molecule has 1 heterocycles. The smallest absolute Gasteiger partial charge is 0.335 e. The molecule has 1 saturated heterocycles. The summed E-state index contributed by atoms with van der Waals surface area (Å²) >= 11 is 3.30. The molecule has 5 amide bonds. The Bertz CT molecular complexity index is 1060. The van der Waals surface area contributed by atoms with Gasteiger partial charge in [0, 0.05) is 0 Å². The Morgan fingerprint density at radius 2 is 1.87 bits per heavy atom. The number of imide groups is 2. The van der Waals surface area contributed by atoms with Gasteiger partial charge in [-0.3, -0.25) is 19.7 Å². The maximum absolute atomic E-state index is 12.9. The van der Waals surface area contributed by atoms with Crippen molar-refractivity contribution in [3.63, 3.8) is 0 Å². The summed E-state index contributed by atoms with van der Waals surface area (Å²) in [6.45, 7) is -0.293. The van der Waals surface area contributed by atoms with Gasteiger partial charge in [0.2, 0.25) is 0 Å². The first-order chi connectivity index (χ1) is 14.3. The highest BCUT2D eigenvalue weighted by molar-refractivity contribution is 9.10. The Morgan fingerprint density at radius 3 is 2.47 bits per heavy atom. The van der Waals surface area contributed by atoms with Crippen LogP contribution < -0.4 is 25.4 Å². The number of primary amides is 1. The normalized spacial score (nSPS) is 15.2. The average Bonchev–Trinajstić information content (AvgIpc) is 2.70. The predicted octanol–water partition coefficient (Wildman–Crippen LogP) is 1.99. The fraction of sp³-hybridized carbons (Fsp3) is 0.100. The third-order valence-electron chi connectivity index (χ3n) is 4.07. The first-order valence-electron chi connectivity index (χ1n) is 8.56. The van der Waals surface area contributed by atoms with Crippen LogP contribution in [0, 0.1) is 0 Å². The summed E-state index contributed by atoms with van der Waals surface area (Å²) in [5.74, 6) is -1.27. The van der Waals surface area contributed by atoms with Crippen LogP contribution in [0.4, 0.5) is 10.5 Å². The van der Waals surface area contributed by atoms with E-state index in [0.29, 0.717) is 21.5 Å². The number of hydrogen-bond donors (Lipinski definition) is 2. The molecule has 3 rings (SSSR count). The van der Waals surface area contributed by atoms with Crippen molar-refractivity contribution in [1.82, 2.24) is 5.32 Å². The number of ether oxygens (including phenoxy) is 2. The minimum Gasteiger partial charge on any atom is -0.497 e. The van der Waals surface area contributed by atoms with Crippen LogP contribution in [0.15, 0.2) is 52.5 Å². The van der Waals surface area contributed by atoms with Gasteiger partial charge in [-0.2, -0.15) is 0 Å². The number of benzene rings is 2. The second-order valence-corrected chi connectivity index (χ2v) is 6.96. The quantitative estimate of drug-likeness (QED) is 0.487. The molecule has 0 unspecified atom stereocenters. The fourth-order valence-corrected chi connectivity index (χ4v) is 3.17. The van der Waals surface area contributed by atoms with E-state index in [0.717, 1.165) is 4.90 Å². The van der Waals surface area contributed by atoms with Gasteiger partial charge < -0.3 is 15.2 Å². The second-order valence-electron chi connectivity index (χ2n) is 6.10. The molecule has 30 heavy (non-hydrogen) atoms. The van der Waals surface area contributed by atoms with Gasteiger partial charge in [0.15, 0.2) is 6.61 Å². The fourth-order valence-electron chi connectivity index (χ4n) is 2.66. The SMILES string of the molecule is COc1ccc(N2C(=O)NC(=O)/C(=C\c3ccc(OCC(N)=O)c(Br)c3)C2=O)cc1. The van der Waals surface area contributed by atoms with E-state index < -0.39 is 23.8 Å². The lowest BCUT2D eigenvalue weighted by Gasteiger charge is -2.26. The molecule has 2 aromatic carbocycles. The zero-order valence-electron chi connectivity index (χ0n) is 15.7. The highest BCUT2D eigenvalue weighted by Crippen LogP contribution is 2.28. The van der Waals surface area contributed by atoms with Crippen LogP contribution in [0.5, 0.6) is 11.5 Å². The molecule has 0 atom stereocenters.